The van der Waals surface area contributed by atoms with E-state index >= 15 is 0 Å². The molecule has 8 heteroatoms. The topological polar surface area (TPSA) is 96.4 Å². The molecule has 0 aromatic heterocycles. The number of aliphatic hydroxyl groups is 1. The van der Waals surface area contributed by atoms with Crippen LogP contribution in [0.15, 0.2) is 11.3 Å². The average Bonchev–Trinajstić information content (AvgIpc) is 2.83. The number of rotatable bonds is 4. The quantitative estimate of drug-likeness (QED) is 0.761. The third kappa shape index (κ3) is 4.89. The fourth-order valence-electron chi connectivity index (χ4n) is 3.08. The van der Waals surface area contributed by atoms with Gasteiger partial charge >= 0.3 is 12.1 Å². The SMILES string of the molecule is CCOC(=O)C1=C(O)C(=O)N(CC2CCN(C(=O)OC(C)(C)C)CC2)C1. The summed E-state index contributed by atoms with van der Waals surface area (Å²) in [6, 6.07) is 0. The van der Waals surface area contributed by atoms with Gasteiger partial charge in [-0.2, -0.15) is 0 Å². The van der Waals surface area contributed by atoms with Crippen LogP contribution in [0, 0.1) is 5.92 Å². The molecular weight excluding hydrogens is 340 g/mol. The maximum Gasteiger partial charge on any atom is 0.410 e. The van der Waals surface area contributed by atoms with Crippen molar-refractivity contribution in [2.24, 2.45) is 5.92 Å². The normalized spacial score (nSPS) is 19.2. The van der Waals surface area contributed by atoms with Crippen LogP contribution in [-0.2, 0) is 19.1 Å². The first-order valence-electron chi connectivity index (χ1n) is 8.98. The maximum absolute atomic E-state index is 12.2. The van der Waals surface area contributed by atoms with Crippen LogP contribution < -0.4 is 0 Å². The molecule has 26 heavy (non-hydrogen) atoms. The van der Waals surface area contributed by atoms with Crippen molar-refractivity contribution in [2.75, 3.05) is 32.8 Å². The zero-order valence-corrected chi connectivity index (χ0v) is 15.9. The van der Waals surface area contributed by atoms with Crippen LogP contribution in [0.5, 0.6) is 0 Å². The number of aliphatic hydroxyl groups excluding tert-OH is 1. The fourth-order valence-corrected chi connectivity index (χ4v) is 3.08. The van der Waals surface area contributed by atoms with E-state index in [1.54, 1.807) is 11.8 Å². The zero-order valence-electron chi connectivity index (χ0n) is 15.9. The molecule has 0 bridgehead atoms. The van der Waals surface area contributed by atoms with Crippen LogP contribution in [-0.4, -0.2) is 71.3 Å². The first-order valence-corrected chi connectivity index (χ1v) is 8.98. The van der Waals surface area contributed by atoms with Crippen molar-refractivity contribution < 1.29 is 29.0 Å². The number of likely N-dealkylation sites (tertiary alicyclic amines) is 1. The van der Waals surface area contributed by atoms with E-state index in [-0.39, 0.29) is 30.7 Å². The highest BCUT2D eigenvalue weighted by Crippen LogP contribution is 2.25. The van der Waals surface area contributed by atoms with E-state index in [9.17, 15) is 19.5 Å². The molecule has 2 heterocycles. The smallest absolute Gasteiger partial charge is 0.410 e. The van der Waals surface area contributed by atoms with Gasteiger partial charge in [-0.05, 0) is 46.5 Å². The first kappa shape index (κ1) is 20.1. The summed E-state index contributed by atoms with van der Waals surface area (Å²) in [7, 11) is 0. The molecule has 0 aromatic carbocycles. The standard InChI is InChI=1S/C18H28N2O6/c1-5-25-16(23)13-11-20(15(22)14(13)21)10-12-6-8-19(9-7-12)17(24)26-18(2,3)4/h12,21H,5-11H2,1-4H3. The van der Waals surface area contributed by atoms with Gasteiger partial charge in [-0.25, -0.2) is 9.59 Å². The van der Waals surface area contributed by atoms with Crippen LogP contribution in [0.1, 0.15) is 40.5 Å². The van der Waals surface area contributed by atoms with Gasteiger partial charge in [0, 0.05) is 19.6 Å². The molecule has 2 aliphatic rings. The molecule has 0 radical (unpaired) electrons. The van der Waals surface area contributed by atoms with Gasteiger partial charge < -0.3 is 24.4 Å². The summed E-state index contributed by atoms with van der Waals surface area (Å²) in [5.74, 6) is -1.51. The van der Waals surface area contributed by atoms with Crippen molar-refractivity contribution in [1.82, 2.24) is 9.80 Å². The first-order chi connectivity index (χ1) is 12.1. The highest BCUT2D eigenvalue weighted by Gasteiger charge is 2.36. The Morgan fingerprint density at radius 1 is 1.23 bits per heavy atom. The Hall–Kier alpha value is -2.25. The molecule has 0 atom stereocenters. The van der Waals surface area contributed by atoms with Crippen molar-refractivity contribution in [3.05, 3.63) is 11.3 Å². The van der Waals surface area contributed by atoms with E-state index in [0.717, 1.165) is 12.8 Å². The summed E-state index contributed by atoms with van der Waals surface area (Å²) in [5, 5.41) is 9.90. The lowest BCUT2D eigenvalue weighted by atomic mass is 9.96. The number of hydrogen-bond donors (Lipinski definition) is 1. The van der Waals surface area contributed by atoms with Crippen LogP contribution in [0.4, 0.5) is 4.79 Å². The predicted molar refractivity (Wildman–Crippen MR) is 93.4 cm³/mol. The Labute approximate surface area is 153 Å². The van der Waals surface area contributed by atoms with E-state index in [2.05, 4.69) is 0 Å². The molecule has 8 nitrogen and oxygen atoms in total. The number of esters is 1. The molecule has 0 spiro atoms. The van der Waals surface area contributed by atoms with Crippen LogP contribution in [0.2, 0.25) is 0 Å². The minimum atomic E-state index is -0.652. The van der Waals surface area contributed by atoms with E-state index in [4.69, 9.17) is 9.47 Å². The molecule has 1 fully saturated rings. The van der Waals surface area contributed by atoms with Gasteiger partial charge in [0.05, 0.1) is 13.2 Å². The molecule has 0 unspecified atom stereocenters. The van der Waals surface area contributed by atoms with Gasteiger partial charge in [0.15, 0.2) is 5.76 Å². The number of amides is 2. The van der Waals surface area contributed by atoms with Gasteiger partial charge in [-0.1, -0.05) is 0 Å². The summed E-state index contributed by atoms with van der Waals surface area (Å²) >= 11 is 0. The van der Waals surface area contributed by atoms with Crippen molar-refractivity contribution >= 4 is 18.0 Å². The lowest BCUT2D eigenvalue weighted by Crippen LogP contribution is -2.44. The minimum absolute atomic E-state index is 0.0167. The van der Waals surface area contributed by atoms with Crippen LogP contribution in [0.25, 0.3) is 0 Å². The van der Waals surface area contributed by atoms with Gasteiger partial charge in [-0.3, -0.25) is 4.79 Å². The Morgan fingerprint density at radius 2 is 1.85 bits per heavy atom. The van der Waals surface area contributed by atoms with Crippen molar-refractivity contribution in [3.8, 4) is 0 Å². The highest BCUT2D eigenvalue weighted by molar-refractivity contribution is 6.05. The number of carbonyl (C=O) groups is 3. The molecule has 2 rings (SSSR count). The molecule has 0 aliphatic carbocycles. The second kappa shape index (κ2) is 7.97. The van der Waals surface area contributed by atoms with Crippen molar-refractivity contribution in [1.29, 1.82) is 0 Å². The minimum Gasteiger partial charge on any atom is -0.503 e. The third-order valence-electron chi connectivity index (χ3n) is 4.39. The average molecular weight is 368 g/mol. The zero-order chi connectivity index (χ0) is 19.5. The van der Waals surface area contributed by atoms with Gasteiger partial charge in [0.2, 0.25) is 0 Å². The highest BCUT2D eigenvalue weighted by atomic mass is 16.6. The second-order valence-corrected chi connectivity index (χ2v) is 7.64. The molecule has 2 aliphatic heterocycles. The Bertz CT molecular complexity index is 599. The lowest BCUT2D eigenvalue weighted by Gasteiger charge is -2.34. The Balaban J connectivity index is 1.84. The number of nitrogens with zero attached hydrogens (tertiary/aromatic N) is 2. The molecule has 1 saturated heterocycles. The van der Waals surface area contributed by atoms with E-state index < -0.39 is 23.2 Å². The van der Waals surface area contributed by atoms with Crippen molar-refractivity contribution in [3.63, 3.8) is 0 Å². The molecule has 0 saturated carbocycles. The maximum atomic E-state index is 12.2. The van der Waals surface area contributed by atoms with Crippen LogP contribution >= 0.6 is 0 Å². The third-order valence-corrected chi connectivity index (χ3v) is 4.39. The molecular formula is C18H28N2O6. The predicted octanol–water partition coefficient (Wildman–Crippen LogP) is 1.85. The molecule has 0 aromatic rings. The fraction of sp³-hybridized carbons (Fsp3) is 0.722. The second-order valence-electron chi connectivity index (χ2n) is 7.64. The summed E-state index contributed by atoms with van der Waals surface area (Å²) in [6.45, 7) is 8.97. The van der Waals surface area contributed by atoms with Crippen molar-refractivity contribution in [2.45, 2.75) is 46.1 Å². The van der Waals surface area contributed by atoms with Gasteiger partial charge in [0.25, 0.3) is 5.91 Å². The van der Waals surface area contributed by atoms with Gasteiger partial charge in [-0.15, -0.1) is 0 Å². The molecule has 1 N–H and O–H groups in total. The van der Waals surface area contributed by atoms with E-state index in [1.165, 1.54) is 4.90 Å². The number of ether oxygens (including phenoxy) is 2. The largest absolute Gasteiger partial charge is 0.503 e. The Morgan fingerprint density at radius 3 is 2.38 bits per heavy atom. The summed E-state index contributed by atoms with van der Waals surface area (Å²) in [5.41, 5.74) is -0.508. The monoisotopic (exact) mass is 368 g/mol. The van der Waals surface area contributed by atoms with E-state index in [1.807, 2.05) is 20.8 Å². The summed E-state index contributed by atoms with van der Waals surface area (Å²) in [6.07, 6.45) is 1.15. The van der Waals surface area contributed by atoms with Crippen LogP contribution in [0.3, 0.4) is 0 Å². The summed E-state index contributed by atoms with van der Waals surface area (Å²) in [4.78, 5) is 39.2. The number of piperidine rings is 1. The summed E-state index contributed by atoms with van der Waals surface area (Å²) < 4.78 is 10.2. The van der Waals surface area contributed by atoms with E-state index in [0.29, 0.717) is 19.6 Å². The molecule has 2 amide bonds. The van der Waals surface area contributed by atoms with Gasteiger partial charge in [0.1, 0.15) is 11.2 Å². The number of hydrogen-bond acceptors (Lipinski definition) is 6. The Kier molecular flexibility index (Phi) is 6.15. The molecule has 146 valence electrons. The number of carbonyl (C=O) groups excluding carboxylic acids is 3. The lowest BCUT2D eigenvalue weighted by molar-refractivity contribution is -0.138.